The third kappa shape index (κ3) is 3.34. The average Bonchev–Trinajstić information content (AvgIpc) is 2.99. The van der Waals surface area contributed by atoms with E-state index in [4.69, 9.17) is 10.00 Å². The Kier molecular flexibility index (Phi) is 4.78. The van der Waals surface area contributed by atoms with Gasteiger partial charge in [-0.3, -0.25) is 0 Å². The van der Waals surface area contributed by atoms with Crippen LogP contribution in [-0.2, 0) is 16.9 Å². The van der Waals surface area contributed by atoms with E-state index in [1.165, 1.54) is 18.2 Å². The number of halogens is 1. The van der Waals surface area contributed by atoms with Crippen molar-refractivity contribution in [1.82, 2.24) is 4.90 Å². The van der Waals surface area contributed by atoms with Gasteiger partial charge < -0.3 is 14.7 Å². The van der Waals surface area contributed by atoms with Gasteiger partial charge in [0, 0.05) is 24.9 Å². The Balaban J connectivity index is 1.48. The van der Waals surface area contributed by atoms with Crippen LogP contribution in [0.3, 0.4) is 0 Å². The lowest BCUT2D eigenvalue weighted by atomic mass is 9.80. The number of fused-ring (bicyclic) bond motifs is 2. The highest BCUT2D eigenvalue weighted by Crippen LogP contribution is 2.46. The Labute approximate surface area is 163 Å². The first kappa shape index (κ1) is 18.5. The summed E-state index contributed by atoms with van der Waals surface area (Å²) in [7, 11) is 0. The summed E-state index contributed by atoms with van der Waals surface area (Å²) < 4.78 is 19.1. The molecule has 1 N–H and O–H groups in total. The van der Waals surface area contributed by atoms with Crippen molar-refractivity contribution < 1.29 is 19.0 Å². The van der Waals surface area contributed by atoms with Gasteiger partial charge in [0.15, 0.2) is 0 Å². The lowest BCUT2D eigenvalue weighted by molar-refractivity contribution is -0.0537. The second kappa shape index (κ2) is 7.25. The van der Waals surface area contributed by atoms with Gasteiger partial charge in [-0.1, -0.05) is 36.4 Å². The third-order valence-electron chi connectivity index (χ3n) is 5.81. The Morgan fingerprint density at radius 2 is 1.89 bits per heavy atom. The van der Waals surface area contributed by atoms with Crippen LogP contribution < -0.4 is 0 Å². The van der Waals surface area contributed by atoms with Crippen LogP contribution in [0.1, 0.15) is 42.4 Å². The van der Waals surface area contributed by atoms with E-state index in [0.29, 0.717) is 18.4 Å². The summed E-state index contributed by atoms with van der Waals surface area (Å²) in [5, 5.41) is 20.3. The molecule has 0 spiro atoms. The lowest BCUT2D eigenvalue weighted by Gasteiger charge is -2.43. The second-order valence-corrected chi connectivity index (χ2v) is 7.58. The molecule has 0 radical (unpaired) electrons. The minimum absolute atomic E-state index is 0.0806. The van der Waals surface area contributed by atoms with Crippen molar-refractivity contribution in [3.05, 3.63) is 71.0 Å². The molecule has 6 heteroatoms. The second-order valence-electron chi connectivity index (χ2n) is 7.58. The van der Waals surface area contributed by atoms with Crippen LogP contribution in [0.2, 0.25) is 0 Å². The van der Waals surface area contributed by atoms with Gasteiger partial charge in [-0.15, -0.1) is 0 Å². The Bertz CT molecular complexity index is 911. The molecule has 2 aromatic rings. The van der Waals surface area contributed by atoms with Gasteiger partial charge in [-0.2, -0.15) is 5.26 Å². The summed E-state index contributed by atoms with van der Waals surface area (Å²) in [5.41, 5.74) is 0.191. The maximum absolute atomic E-state index is 13.6. The van der Waals surface area contributed by atoms with Gasteiger partial charge in [-0.05, 0) is 36.1 Å². The Morgan fingerprint density at radius 1 is 1.21 bits per heavy atom. The van der Waals surface area contributed by atoms with Crippen molar-refractivity contribution >= 4 is 6.09 Å². The molecule has 2 aromatic carbocycles. The minimum atomic E-state index is -1.18. The van der Waals surface area contributed by atoms with E-state index < -0.39 is 11.4 Å². The molecule has 4 rings (SSSR count). The zero-order valence-corrected chi connectivity index (χ0v) is 15.3. The van der Waals surface area contributed by atoms with E-state index in [0.717, 1.165) is 18.4 Å². The first-order valence-electron chi connectivity index (χ1n) is 9.42. The molecule has 0 saturated carbocycles. The minimum Gasteiger partial charge on any atom is -0.445 e. The van der Waals surface area contributed by atoms with Gasteiger partial charge in [0.2, 0.25) is 0 Å². The maximum Gasteiger partial charge on any atom is 0.410 e. The normalized spacial score (nSPS) is 26.0. The summed E-state index contributed by atoms with van der Waals surface area (Å²) in [4.78, 5) is 14.4. The summed E-state index contributed by atoms with van der Waals surface area (Å²) in [6.45, 7) is 0.212. The van der Waals surface area contributed by atoms with Crippen molar-refractivity contribution in [3.8, 4) is 6.07 Å². The number of amides is 1. The molecule has 144 valence electrons. The number of piperidine rings is 1. The average molecular weight is 380 g/mol. The van der Waals surface area contributed by atoms with E-state index in [1.807, 2.05) is 36.4 Å². The van der Waals surface area contributed by atoms with E-state index in [1.54, 1.807) is 4.90 Å². The summed E-state index contributed by atoms with van der Waals surface area (Å²) in [6.07, 6.45) is 1.91. The Morgan fingerprint density at radius 3 is 2.54 bits per heavy atom. The van der Waals surface area contributed by atoms with Crippen molar-refractivity contribution in [2.45, 2.75) is 50.0 Å². The molecule has 1 amide bonds. The molecule has 28 heavy (non-hydrogen) atoms. The zero-order valence-electron chi connectivity index (χ0n) is 15.3. The van der Waals surface area contributed by atoms with Gasteiger partial charge in [0.05, 0.1) is 11.2 Å². The fourth-order valence-corrected chi connectivity index (χ4v) is 4.45. The number of aliphatic hydroxyl groups is 1. The molecule has 0 aromatic heterocycles. The zero-order chi connectivity index (χ0) is 19.7. The first-order chi connectivity index (χ1) is 13.5. The van der Waals surface area contributed by atoms with Crippen LogP contribution >= 0.6 is 0 Å². The highest BCUT2D eigenvalue weighted by atomic mass is 19.1. The number of carbonyl (C=O) groups excluding carboxylic acids is 1. The standard InChI is InChI=1S/C22H21FN2O3/c23-20-9-6-17(10-16(20)13-24)22(27)11-18-7-8-19(12-22)25(18)21(26)28-14-15-4-2-1-3-5-15/h1-6,9-10,18-19,27H,7-8,11-12,14H2. The van der Waals surface area contributed by atoms with E-state index in [9.17, 15) is 14.3 Å². The SMILES string of the molecule is N#Cc1cc(C2(O)CC3CCC(C2)N3C(=O)OCc2ccccc2)ccc1F. The maximum atomic E-state index is 13.6. The molecule has 2 saturated heterocycles. The van der Waals surface area contributed by atoms with Crippen molar-refractivity contribution in [2.24, 2.45) is 0 Å². The summed E-state index contributed by atoms with van der Waals surface area (Å²) in [5.74, 6) is -0.597. The molecule has 2 fully saturated rings. The van der Waals surface area contributed by atoms with Crippen molar-refractivity contribution in [3.63, 3.8) is 0 Å². The van der Waals surface area contributed by atoms with Crippen LogP contribution in [0, 0.1) is 17.1 Å². The third-order valence-corrected chi connectivity index (χ3v) is 5.81. The number of ether oxygens (including phenoxy) is 1. The number of hydrogen-bond acceptors (Lipinski definition) is 4. The van der Waals surface area contributed by atoms with Gasteiger partial charge in [-0.25, -0.2) is 9.18 Å². The number of rotatable bonds is 3. The van der Waals surface area contributed by atoms with Crippen LogP contribution in [-0.4, -0.2) is 28.2 Å². The van der Waals surface area contributed by atoms with Crippen molar-refractivity contribution in [1.29, 1.82) is 5.26 Å². The van der Waals surface area contributed by atoms with Crippen molar-refractivity contribution in [2.75, 3.05) is 0 Å². The highest BCUT2D eigenvalue weighted by molar-refractivity contribution is 5.69. The largest absolute Gasteiger partial charge is 0.445 e. The smallest absolute Gasteiger partial charge is 0.410 e. The summed E-state index contributed by atoms with van der Waals surface area (Å²) >= 11 is 0. The quantitative estimate of drug-likeness (QED) is 0.878. The molecular weight excluding hydrogens is 359 g/mol. The van der Waals surface area contributed by atoms with Gasteiger partial charge in [0.1, 0.15) is 18.5 Å². The van der Waals surface area contributed by atoms with Crippen LogP contribution in [0.4, 0.5) is 9.18 Å². The molecule has 2 heterocycles. The Hall–Kier alpha value is -2.91. The van der Waals surface area contributed by atoms with Crippen LogP contribution in [0.15, 0.2) is 48.5 Å². The molecule has 2 atom stereocenters. The highest BCUT2D eigenvalue weighted by Gasteiger charge is 2.50. The van der Waals surface area contributed by atoms with E-state index in [-0.39, 0.29) is 30.3 Å². The molecule has 2 aliphatic heterocycles. The molecule has 0 aliphatic carbocycles. The van der Waals surface area contributed by atoms with Gasteiger partial charge >= 0.3 is 6.09 Å². The number of hydrogen-bond donors (Lipinski definition) is 1. The van der Waals surface area contributed by atoms with Gasteiger partial charge in [0.25, 0.3) is 0 Å². The molecule has 2 aliphatic rings. The topological polar surface area (TPSA) is 73.6 Å². The van der Waals surface area contributed by atoms with E-state index >= 15 is 0 Å². The van der Waals surface area contributed by atoms with Crippen LogP contribution in [0.25, 0.3) is 0 Å². The summed E-state index contributed by atoms with van der Waals surface area (Å²) in [6, 6.07) is 15.2. The molecular formula is C22H21FN2O3. The number of nitrogens with zero attached hydrogens (tertiary/aromatic N) is 2. The monoisotopic (exact) mass is 380 g/mol. The first-order valence-corrected chi connectivity index (χ1v) is 9.42. The lowest BCUT2D eigenvalue weighted by Crippen LogP contribution is -2.52. The molecule has 2 bridgehead atoms. The molecule has 2 unspecified atom stereocenters. The number of nitriles is 1. The number of benzene rings is 2. The fourth-order valence-electron chi connectivity index (χ4n) is 4.45. The predicted octanol–water partition coefficient (Wildman–Crippen LogP) is 3.85. The number of carbonyl (C=O) groups is 1. The van der Waals surface area contributed by atoms with E-state index in [2.05, 4.69) is 0 Å². The predicted molar refractivity (Wildman–Crippen MR) is 99.5 cm³/mol. The molecule has 5 nitrogen and oxygen atoms in total. The fraction of sp³-hybridized carbons (Fsp3) is 0.364. The van der Waals surface area contributed by atoms with Crippen LogP contribution in [0.5, 0.6) is 0 Å².